The van der Waals surface area contributed by atoms with Crippen LogP contribution in [0.25, 0.3) is 0 Å². The van der Waals surface area contributed by atoms with Gasteiger partial charge >= 0.3 is 0 Å². The molecule has 0 saturated heterocycles. The van der Waals surface area contributed by atoms with Crippen molar-refractivity contribution in [1.82, 2.24) is 9.78 Å². The van der Waals surface area contributed by atoms with Crippen molar-refractivity contribution in [3.8, 4) is 0 Å². The summed E-state index contributed by atoms with van der Waals surface area (Å²) in [5.41, 5.74) is 0.562. The maximum absolute atomic E-state index is 11.5. The molecule has 1 heterocycles. The highest BCUT2D eigenvalue weighted by atomic mass is 79.9. The fraction of sp³-hybridized carbons (Fsp3) is 0.600. The van der Waals surface area contributed by atoms with Crippen LogP contribution in [0.5, 0.6) is 0 Å². The fourth-order valence-corrected chi connectivity index (χ4v) is 1.77. The topological polar surface area (TPSA) is 67.2 Å². The number of aromatic nitrogens is 2. The van der Waals surface area contributed by atoms with Crippen molar-refractivity contribution < 1.29 is 5.11 Å². The molecule has 1 aromatic rings. The van der Waals surface area contributed by atoms with Gasteiger partial charge in [-0.2, -0.15) is 5.10 Å². The first-order chi connectivity index (χ1) is 7.66. The Morgan fingerprint density at radius 2 is 2.25 bits per heavy atom. The monoisotopic (exact) mass is 289 g/mol. The maximum atomic E-state index is 11.5. The SMILES string of the molecule is Cn1ncc(NCCCCCO)c(Br)c1=O. The van der Waals surface area contributed by atoms with Gasteiger partial charge in [-0.05, 0) is 35.2 Å². The minimum absolute atomic E-state index is 0.152. The molecule has 5 nitrogen and oxygen atoms in total. The maximum Gasteiger partial charge on any atom is 0.282 e. The molecule has 0 bridgehead atoms. The molecule has 16 heavy (non-hydrogen) atoms. The van der Waals surface area contributed by atoms with Crippen LogP contribution in [0.4, 0.5) is 5.69 Å². The fourth-order valence-electron chi connectivity index (χ4n) is 1.27. The van der Waals surface area contributed by atoms with E-state index in [0.29, 0.717) is 10.2 Å². The van der Waals surface area contributed by atoms with E-state index in [1.165, 1.54) is 4.68 Å². The lowest BCUT2D eigenvalue weighted by Crippen LogP contribution is -2.21. The van der Waals surface area contributed by atoms with Crippen molar-refractivity contribution in [1.29, 1.82) is 0 Å². The van der Waals surface area contributed by atoms with Crippen LogP contribution in [0.2, 0.25) is 0 Å². The van der Waals surface area contributed by atoms with Gasteiger partial charge in [0.15, 0.2) is 0 Å². The van der Waals surface area contributed by atoms with Crippen LogP contribution < -0.4 is 10.9 Å². The van der Waals surface area contributed by atoms with Gasteiger partial charge in [0, 0.05) is 20.2 Å². The van der Waals surface area contributed by atoms with E-state index in [4.69, 9.17) is 5.11 Å². The molecular formula is C10H16BrN3O2. The van der Waals surface area contributed by atoms with Crippen LogP contribution in [0.15, 0.2) is 15.5 Å². The van der Waals surface area contributed by atoms with Gasteiger partial charge < -0.3 is 10.4 Å². The number of rotatable bonds is 6. The van der Waals surface area contributed by atoms with Crippen LogP contribution in [0, 0.1) is 0 Å². The summed E-state index contributed by atoms with van der Waals surface area (Å²) in [4.78, 5) is 11.5. The first-order valence-electron chi connectivity index (χ1n) is 5.23. The molecule has 0 unspecified atom stereocenters. The standard InChI is InChI=1S/C10H16BrN3O2/c1-14-10(16)9(11)8(7-13-14)12-5-3-2-4-6-15/h7,12,15H,2-6H2,1H3. The number of nitrogens with one attached hydrogen (secondary N) is 1. The van der Waals surface area contributed by atoms with Gasteiger partial charge in [-0.15, -0.1) is 0 Å². The Morgan fingerprint density at radius 1 is 1.50 bits per heavy atom. The minimum Gasteiger partial charge on any atom is -0.396 e. The molecule has 0 fully saturated rings. The van der Waals surface area contributed by atoms with Crippen molar-refractivity contribution in [3.05, 3.63) is 21.0 Å². The molecule has 0 saturated carbocycles. The molecule has 2 N–H and O–H groups in total. The average molecular weight is 290 g/mol. The molecule has 0 aliphatic heterocycles. The van der Waals surface area contributed by atoms with E-state index in [-0.39, 0.29) is 12.2 Å². The summed E-state index contributed by atoms with van der Waals surface area (Å²) >= 11 is 3.24. The molecule has 1 rings (SSSR count). The zero-order valence-corrected chi connectivity index (χ0v) is 10.8. The zero-order chi connectivity index (χ0) is 12.0. The average Bonchev–Trinajstić information content (AvgIpc) is 2.28. The van der Waals surface area contributed by atoms with Crippen molar-refractivity contribution in [2.24, 2.45) is 7.05 Å². The van der Waals surface area contributed by atoms with Crippen LogP contribution in [-0.4, -0.2) is 28.0 Å². The number of halogens is 1. The predicted molar refractivity (Wildman–Crippen MR) is 66.6 cm³/mol. The van der Waals surface area contributed by atoms with E-state index in [9.17, 15) is 4.79 Å². The molecule has 0 spiro atoms. The van der Waals surface area contributed by atoms with E-state index < -0.39 is 0 Å². The Balaban J connectivity index is 2.49. The molecule has 0 aliphatic rings. The third-order valence-corrected chi connectivity index (χ3v) is 2.99. The molecule has 0 atom stereocenters. The number of anilines is 1. The summed E-state index contributed by atoms with van der Waals surface area (Å²) in [7, 11) is 1.61. The van der Waals surface area contributed by atoms with E-state index in [1.807, 2.05) is 0 Å². The van der Waals surface area contributed by atoms with E-state index in [0.717, 1.165) is 25.8 Å². The van der Waals surface area contributed by atoms with Crippen LogP contribution in [0.1, 0.15) is 19.3 Å². The Labute approximate surface area is 103 Å². The van der Waals surface area contributed by atoms with E-state index in [1.54, 1.807) is 13.2 Å². The second-order valence-corrected chi connectivity index (χ2v) is 4.31. The van der Waals surface area contributed by atoms with Crippen LogP contribution >= 0.6 is 15.9 Å². The van der Waals surface area contributed by atoms with Crippen LogP contribution in [-0.2, 0) is 7.05 Å². The summed E-state index contributed by atoms with van der Waals surface area (Å²) in [5, 5.41) is 15.7. The first kappa shape index (κ1) is 13.2. The number of aryl methyl sites for hydroxylation is 1. The van der Waals surface area contributed by atoms with Gasteiger partial charge in [-0.1, -0.05) is 0 Å². The van der Waals surface area contributed by atoms with Gasteiger partial charge in [-0.25, -0.2) is 4.68 Å². The van der Waals surface area contributed by atoms with Gasteiger partial charge in [0.2, 0.25) is 0 Å². The lowest BCUT2D eigenvalue weighted by molar-refractivity contribution is 0.283. The number of nitrogens with zero attached hydrogens (tertiary/aromatic N) is 2. The molecule has 0 aromatic carbocycles. The van der Waals surface area contributed by atoms with Crippen molar-refractivity contribution in [3.63, 3.8) is 0 Å². The van der Waals surface area contributed by atoms with Gasteiger partial charge in [-0.3, -0.25) is 4.79 Å². The zero-order valence-electron chi connectivity index (χ0n) is 9.24. The number of hydrogen-bond acceptors (Lipinski definition) is 4. The molecule has 90 valence electrons. The van der Waals surface area contributed by atoms with Gasteiger partial charge in [0.1, 0.15) is 4.47 Å². The molecule has 1 aromatic heterocycles. The summed E-state index contributed by atoms with van der Waals surface area (Å²) in [6, 6.07) is 0. The summed E-state index contributed by atoms with van der Waals surface area (Å²) < 4.78 is 1.79. The highest BCUT2D eigenvalue weighted by molar-refractivity contribution is 9.10. The van der Waals surface area contributed by atoms with Crippen LogP contribution in [0.3, 0.4) is 0 Å². The lowest BCUT2D eigenvalue weighted by Gasteiger charge is -2.08. The largest absolute Gasteiger partial charge is 0.396 e. The van der Waals surface area contributed by atoms with E-state index in [2.05, 4.69) is 26.3 Å². The third kappa shape index (κ3) is 3.61. The quantitative estimate of drug-likeness (QED) is 0.770. The second-order valence-electron chi connectivity index (χ2n) is 3.51. The number of unbranched alkanes of at least 4 members (excludes halogenated alkanes) is 2. The summed E-state index contributed by atoms with van der Waals surface area (Å²) in [6.45, 7) is 1.00. The molecule has 0 radical (unpaired) electrons. The number of aliphatic hydroxyl groups excluding tert-OH is 1. The summed E-state index contributed by atoms with van der Waals surface area (Å²) in [5.74, 6) is 0. The van der Waals surface area contributed by atoms with Gasteiger partial charge in [0.05, 0.1) is 11.9 Å². The Kier molecular flexibility index (Phi) is 5.48. The highest BCUT2D eigenvalue weighted by Crippen LogP contribution is 2.15. The number of hydrogen-bond donors (Lipinski definition) is 2. The van der Waals surface area contributed by atoms with Crippen molar-refractivity contribution in [2.75, 3.05) is 18.5 Å². The second kappa shape index (κ2) is 6.65. The van der Waals surface area contributed by atoms with Gasteiger partial charge in [0.25, 0.3) is 5.56 Å². The Morgan fingerprint density at radius 3 is 2.94 bits per heavy atom. The smallest absolute Gasteiger partial charge is 0.282 e. The number of aliphatic hydroxyl groups is 1. The summed E-state index contributed by atoms with van der Waals surface area (Å²) in [6.07, 6.45) is 4.37. The highest BCUT2D eigenvalue weighted by Gasteiger charge is 2.05. The van der Waals surface area contributed by atoms with Crippen molar-refractivity contribution in [2.45, 2.75) is 19.3 Å². The third-order valence-electron chi connectivity index (χ3n) is 2.23. The minimum atomic E-state index is -0.152. The molecule has 0 amide bonds. The lowest BCUT2D eigenvalue weighted by atomic mass is 10.2. The first-order valence-corrected chi connectivity index (χ1v) is 6.02. The molecular weight excluding hydrogens is 274 g/mol. The van der Waals surface area contributed by atoms with E-state index >= 15 is 0 Å². The molecule has 6 heteroatoms. The van der Waals surface area contributed by atoms with Crippen molar-refractivity contribution >= 4 is 21.6 Å². The predicted octanol–water partition coefficient (Wildman–Crippen LogP) is 1.12. The Hall–Kier alpha value is -0.880. The Bertz CT molecular complexity index is 392. The normalized spacial score (nSPS) is 10.4. The molecule has 0 aliphatic carbocycles.